The lowest BCUT2D eigenvalue weighted by Gasteiger charge is -2.21. The van der Waals surface area contributed by atoms with Crippen molar-refractivity contribution in [2.24, 2.45) is 11.8 Å². The summed E-state index contributed by atoms with van der Waals surface area (Å²) < 4.78 is 7.56. The minimum atomic E-state index is -2.20. The molecule has 27 heavy (non-hydrogen) atoms. The molecule has 0 N–H and O–H groups in total. The highest BCUT2D eigenvalue weighted by Crippen LogP contribution is 2.48. The predicted octanol–water partition coefficient (Wildman–Crippen LogP) is 4.32. The molecule has 0 atom stereocenters. The van der Waals surface area contributed by atoms with Crippen LogP contribution in [0.15, 0.2) is 120 Å². The Kier molecular flexibility index (Phi) is 5.00. The Morgan fingerprint density at radius 3 is 1.37 bits per heavy atom. The van der Waals surface area contributed by atoms with Gasteiger partial charge in [0.2, 0.25) is 0 Å². The van der Waals surface area contributed by atoms with Crippen LogP contribution in [0, 0.1) is 0 Å². The minimum absolute atomic E-state index is 0.974. The van der Waals surface area contributed by atoms with Crippen molar-refractivity contribution >= 4 is 28.8 Å². The molecule has 3 heteroatoms. The van der Waals surface area contributed by atoms with Gasteiger partial charge in [0.25, 0.3) is 0 Å². The molecule has 3 aromatic carbocycles. The molecule has 0 aliphatic carbocycles. The smallest absolute Gasteiger partial charge is 0.234 e. The van der Waals surface area contributed by atoms with Gasteiger partial charge in [0.05, 0.1) is 13.2 Å². The Labute approximate surface area is 160 Å². The van der Waals surface area contributed by atoms with Crippen LogP contribution in [-0.2, 0) is 7.05 Å². The largest absolute Gasteiger partial charge is 0.319 e. The minimum Gasteiger partial charge on any atom is -0.234 e. The van der Waals surface area contributed by atoms with Crippen molar-refractivity contribution in [3.05, 3.63) is 115 Å². The van der Waals surface area contributed by atoms with Crippen LogP contribution < -0.4 is 20.5 Å². The molecule has 0 saturated heterocycles. The lowest BCUT2D eigenvalue weighted by atomic mass is 10.4. The molecule has 0 radical (unpaired) electrons. The summed E-state index contributed by atoms with van der Waals surface area (Å²) >= 11 is 0. The molecule has 0 unspecified atom stereocenters. The van der Waals surface area contributed by atoms with Gasteiger partial charge >= 0.3 is 5.82 Å². The van der Waals surface area contributed by atoms with Gasteiger partial charge in [-0.2, -0.15) is 0 Å². The molecular weight excluding hydrogens is 347 g/mol. The van der Waals surface area contributed by atoms with Gasteiger partial charge in [-0.25, -0.2) is 4.57 Å². The first-order chi connectivity index (χ1) is 13.3. The van der Waals surface area contributed by atoms with Gasteiger partial charge < -0.3 is 0 Å². The Bertz CT molecular complexity index is 971. The fourth-order valence-corrected chi connectivity index (χ4v) is 6.89. The fourth-order valence-electron chi connectivity index (χ4n) is 3.32. The topological polar surface area (TPSA) is 16.2 Å². The van der Waals surface area contributed by atoms with Crippen molar-refractivity contribution in [3.63, 3.8) is 0 Å². The Morgan fingerprint density at radius 1 is 0.556 bits per heavy atom. The maximum atomic E-state index is 5.47. The van der Waals surface area contributed by atoms with E-state index in [0.717, 1.165) is 5.82 Å². The van der Waals surface area contributed by atoms with Crippen molar-refractivity contribution in [1.29, 1.82) is 0 Å². The lowest BCUT2D eigenvalue weighted by molar-refractivity contribution is -0.658. The molecule has 4 aromatic rings. The van der Waals surface area contributed by atoms with Crippen LogP contribution in [0.3, 0.4) is 0 Å². The zero-order valence-electron chi connectivity index (χ0n) is 15.3. The summed E-state index contributed by atoms with van der Waals surface area (Å²) in [6, 6.07) is 38.3. The van der Waals surface area contributed by atoms with Gasteiger partial charge in [-0.3, -0.25) is 0 Å². The van der Waals surface area contributed by atoms with E-state index in [-0.39, 0.29) is 0 Å². The van der Waals surface area contributed by atoms with Gasteiger partial charge in [-0.1, -0.05) is 102 Å². The molecule has 132 valence electrons. The molecule has 1 heterocycles. The first-order valence-corrected chi connectivity index (χ1v) is 10.8. The van der Waals surface area contributed by atoms with E-state index in [9.17, 15) is 0 Å². The maximum absolute atomic E-state index is 5.47. The summed E-state index contributed by atoms with van der Waals surface area (Å²) in [5, 5.41) is 3.77. The monoisotopic (exact) mass is 369 g/mol. The Hall–Kier alpha value is -2.96. The highest BCUT2D eigenvalue weighted by atomic mass is 31.2. The van der Waals surface area contributed by atoms with Crippen LogP contribution in [-0.4, -0.2) is 0 Å². The molecule has 0 aliphatic heterocycles. The zero-order valence-corrected chi connectivity index (χ0v) is 16.2. The van der Waals surface area contributed by atoms with Crippen LogP contribution in [0.25, 0.3) is 0 Å². The average molecular weight is 369 g/mol. The van der Waals surface area contributed by atoms with Crippen LogP contribution in [0.5, 0.6) is 0 Å². The van der Waals surface area contributed by atoms with E-state index < -0.39 is 7.05 Å². The van der Waals surface area contributed by atoms with Crippen molar-refractivity contribution < 1.29 is 4.57 Å². The molecule has 4 rings (SSSR count). The summed E-state index contributed by atoms with van der Waals surface area (Å²) in [5.74, 6) is 0.974. The van der Waals surface area contributed by atoms with Crippen molar-refractivity contribution in [2.75, 3.05) is 0 Å². The third-order valence-electron chi connectivity index (χ3n) is 4.67. The van der Waals surface area contributed by atoms with Gasteiger partial charge in [-0.05, 0) is 6.07 Å². The summed E-state index contributed by atoms with van der Waals surface area (Å²) in [5.41, 5.74) is 0. The Morgan fingerprint density at radius 2 is 0.963 bits per heavy atom. The van der Waals surface area contributed by atoms with E-state index in [1.165, 1.54) is 15.9 Å². The number of aryl methyl sites for hydroxylation is 1. The number of aromatic nitrogens is 1. The van der Waals surface area contributed by atoms with Gasteiger partial charge in [-0.15, -0.1) is 0 Å². The van der Waals surface area contributed by atoms with Crippen LogP contribution in [0.4, 0.5) is 5.82 Å². The standard InChI is InChI=1S/C24H22N2P/c1-26-20-12-11-19-24(26)25-27(21-13-5-2-6-14-21,22-15-7-3-8-16-22)23-17-9-4-10-18-23/h2-20H,1H3/q+1. The van der Waals surface area contributed by atoms with E-state index >= 15 is 0 Å². The molecular formula is C24H22N2P+. The summed E-state index contributed by atoms with van der Waals surface area (Å²) in [6.45, 7) is 0. The molecule has 0 amide bonds. The summed E-state index contributed by atoms with van der Waals surface area (Å²) in [4.78, 5) is 0. The second-order valence-corrected chi connectivity index (χ2v) is 9.43. The van der Waals surface area contributed by atoms with E-state index in [0.29, 0.717) is 0 Å². The van der Waals surface area contributed by atoms with Gasteiger partial charge in [0.1, 0.15) is 0 Å². The highest BCUT2D eigenvalue weighted by Gasteiger charge is 2.33. The van der Waals surface area contributed by atoms with Crippen molar-refractivity contribution in [3.8, 4) is 0 Å². The van der Waals surface area contributed by atoms with Gasteiger partial charge in [0, 0.05) is 22.0 Å². The number of hydrogen-bond donors (Lipinski definition) is 0. The zero-order chi connectivity index (χ0) is 18.5. The molecule has 0 spiro atoms. The van der Waals surface area contributed by atoms with E-state index in [4.69, 9.17) is 4.74 Å². The van der Waals surface area contributed by atoms with E-state index in [1.807, 2.05) is 6.07 Å². The van der Waals surface area contributed by atoms with Crippen LogP contribution >= 0.6 is 7.05 Å². The number of pyridine rings is 1. The third-order valence-corrected chi connectivity index (χ3v) is 8.31. The second-order valence-electron chi connectivity index (χ2n) is 6.41. The molecule has 0 aliphatic rings. The fraction of sp³-hybridized carbons (Fsp3) is 0.0417. The number of nitrogens with zero attached hydrogens (tertiary/aromatic N) is 2. The lowest BCUT2D eigenvalue weighted by Crippen LogP contribution is -2.29. The molecule has 2 nitrogen and oxygen atoms in total. The molecule has 1 aromatic heterocycles. The molecule has 0 fully saturated rings. The third kappa shape index (κ3) is 3.37. The molecule has 0 saturated carbocycles. The Balaban J connectivity index is 2.15. The number of rotatable bonds is 4. The van der Waals surface area contributed by atoms with Crippen molar-refractivity contribution in [1.82, 2.24) is 0 Å². The van der Waals surface area contributed by atoms with Crippen LogP contribution in [0.1, 0.15) is 0 Å². The van der Waals surface area contributed by atoms with Gasteiger partial charge in [0.15, 0.2) is 7.05 Å². The first kappa shape index (κ1) is 17.5. The second kappa shape index (κ2) is 7.73. The molecule has 0 bridgehead atoms. The van der Waals surface area contributed by atoms with Crippen molar-refractivity contribution in [2.45, 2.75) is 0 Å². The maximum Gasteiger partial charge on any atom is 0.319 e. The van der Waals surface area contributed by atoms with E-state index in [2.05, 4.69) is 121 Å². The van der Waals surface area contributed by atoms with E-state index in [1.54, 1.807) is 0 Å². The predicted molar refractivity (Wildman–Crippen MR) is 115 cm³/mol. The summed E-state index contributed by atoms with van der Waals surface area (Å²) in [7, 11) is -0.148. The highest BCUT2D eigenvalue weighted by molar-refractivity contribution is 7.87. The SMILES string of the molecule is C[n+]1ccccc1N=P(c1ccccc1)(c1ccccc1)c1ccccc1. The average Bonchev–Trinajstić information content (AvgIpc) is 2.75. The number of hydrogen-bond acceptors (Lipinski definition) is 1. The quantitative estimate of drug-likeness (QED) is 0.376. The summed E-state index contributed by atoms with van der Waals surface area (Å²) in [6.07, 6.45) is 2.05. The normalized spacial score (nSPS) is 11.1. The number of benzene rings is 3. The first-order valence-electron chi connectivity index (χ1n) is 9.04. The van der Waals surface area contributed by atoms with Crippen LogP contribution in [0.2, 0.25) is 0 Å².